The highest BCUT2D eigenvalue weighted by molar-refractivity contribution is 5.64. The van der Waals surface area contributed by atoms with Crippen molar-refractivity contribution in [3.8, 4) is 0 Å². The fraction of sp³-hybridized carbons (Fsp3) is 0.400. The zero-order valence-electron chi connectivity index (χ0n) is 13.5. The normalized spacial score (nSPS) is 12.1. The molecule has 0 spiro atoms. The molecule has 0 bridgehead atoms. The summed E-state index contributed by atoms with van der Waals surface area (Å²) in [4.78, 5) is 2.51. The topological polar surface area (TPSA) is 3.24 Å². The van der Waals surface area contributed by atoms with Crippen LogP contribution in [0.1, 0.15) is 45.1 Å². The Hall–Kier alpha value is -1.76. The molecule has 0 aliphatic rings. The average Bonchev–Trinajstić information content (AvgIpc) is 2.53. The van der Waals surface area contributed by atoms with Gasteiger partial charge in [0.05, 0.1) is 0 Å². The Morgan fingerprint density at radius 2 is 1.48 bits per heavy atom. The summed E-state index contributed by atoms with van der Waals surface area (Å²) >= 11 is 0. The molecular weight excluding hydrogens is 254 g/mol. The van der Waals surface area contributed by atoms with Crippen LogP contribution in [0.3, 0.4) is 0 Å². The van der Waals surface area contributed by atoms with Gasteiger partial charge in [-0.15, -0.1) is 0 Å². The first kappa shape index (κ1) is 15.6. The maximum atomic E-state index is 2.51. The van der Waals surface area contributed by atoms with Gasteiger partial charge in [0.2, 0.25) is 0 Å². The molecule has 1 heteroatoms. The van der Waals surface area contributed by atoms with Crippen molar-refractivity contribution in [1.29, 1.82) is 0 Å². The van der Waals surface area contributed by atoms with Crippen molar-refractivity contribution in [2.45, 2.75) is 52.5 Å². The van der Waals surface area contributed by atoms with Crippen LogP contribution in [0.5, 0.6) is 0 Å². The lowest BCUT2D eigenvalue weighted by Gasteiger charge is -2.33. The number of nitrogens with zero attached hydrogens (tertiary/aromatic N) is 1. The molecule has 2 aromatic carbocycles. The number of anilines is 2. The standard InChI is InChI=1S/C20H27N/c1-4-6-10-18(5-2)21(19-11-8-7-9-12-19)20-15-13-17(3)14-16-20/h7-9,11-16,18H,4-6,10H2,1-3H3. The third kappa shape index (κ3) is 4.10. The van der Waals surface area contributed by atoms with Crippen LogP contribution < -0.4 is 4.90 Å². The van der Waals surface area contributed by atoms with Gasteiger partial charge in [-0.25, -0.2) is 0 Å². The molecule has 112 valence electrons. The Morgan fingerprint density at radius 1 is 0.857 bits per heavy atom. The van der Waals surface area contributed by atoms with Crippen LogP contribution in [0.2, 0.25) is 0 Å². The van der Waals surface area contributed by atoms with Crippen molar-refractivity contribution < 1.29 is 0 Å². The number of hydrogen-bond acceptors (Lipinski definition) is 1. The monoisotopic (exact) mass is 281 g/mol. The fourth-order valence-electron chi connectivity index (χ4n) is 2.82. The van der Waals surface area contributed by atoms with Crippen molar-refractivity contribution in [1.82, 2.24) is 0 Å². The van der Waals surface area contributed by atoms with Gasteiger partial charge in [-0.1, -0.05) is 62.6 Å². The Labute approximate surface area is 129 Å². The minimum absolute atomic E-state index is 0.565. The third-order valence-electron chi connectivity index (χ3n) is 4.07. The molecule has 2 rings (SSSR count). The van der Waals surface area contributed by atoms with E-state index in [0.717, 1.165) is 0 Å². The SMILES string of the molecule is CCCCC(CC)N(c1ccccc1)c1ccc(C)cc1. The Balaban J connectivity index is 2.36. The van der Waals surface area contributed by atoms with Gasteiger partial charge >= 0.3 is 0 Å². The molecule has 0 aliphatic heterocycles. The smallest absolute Gasteiger partial charge is 0.0413 e. The summed E-state index contributed by atoms with van der Waals surface area (Å²) in [6, 6.07) is 20.2. The minimum Gasteiger partial charge on any atom is -0.338 e. The lowest BCUT2D eigenvalue weighted by molar-refractivity contribution is 0.551. The zero-order valence-corrected chi connectivity index (χ0v) is 13.5. The predicted molar refractivity (Wildman–Crippen MR) is 93.4 cm³/mol. The number of aryl methyl sites for hydroxylation is 1. The van der Waals surface area contributed by atoms with Gasteiger partial charge in [-0.3, -0.25) is 0 Å². The highest BCUT2D eigenvalue weighted by Gasteiger charge is 2.18. The molecule has 21 heavy (non-hydrogen) atoms. The van der Waals surface area contributed by atoms with Gasteiger partial charge in [0.25, 0.3) is 0 Å². The van der Waals surface area contributed by atoms with E-state index >= 15 is 0 Å². The molecule has 1 unspecified atom stereocenters. The molecule has 0 aromatic heterocycles. The van der Waals surface area contributed by atoms with E-state index in [9.17, 15) is 0 Å². The number of benzene rings is 2. The number of hydrogen-bond donors (Lipinski definition) is 0. The molecule has 0 amide bonds. The zero-order chi connectivity index (χ0) is 15.1. The second-order valence-corrected chi connectivity index (χ2v) is 5.75. The van der Waals surface area contributed by atoms with E-state index in [0.29, 0.717) is 6.04 Å². The molecule has 0 aliphatic carbocycles. The molecule has 1 atom stereocenters. The van der Waals surface area contributed by atoms with Crippen LogP contribution >= 0.6 is 0 Å². The van der Waals surface area contributed by atoms with E-state index in [1.54, 1.807) is 0 Å². The minimum atomic E-state index is 0.565. The second kappa shape index (κ2) is 7.87. The van der Waals surface area contributed by atoms with Crippen molar-refractivity contribution in [3.05, 3.63) is 60.2 Å². The number of para-hydroxylation sites is 1. The van der Waals surface area contributed by atoms with E-state index in [4.69, 9.17) is 0 Å². The number of rotatable bonds is 7. The molecule has 2 aromatic rings. The summed E-state index contributed by atoms with van der Waals surface area (Å²) in [7, 11) is 0. The number of unbranched alkanes of at least 4 members (excludes halogenated alkanes) is 1. The van der Waals surface area contributed by atoms with Crippen LogP contribution in [-0.4, -0.2) is 6.04 Å². The van der Waals surface area contributed by atoms with Crippen LogP contribution in [0.25, 0.3) is 0 Å². The average molecular weight is 281 g/mol. The largest absolute Gasteiger partial charge is 0.338 e. The van der Waals surface area contributed by atoms with Gasteiger partial charge < -0.3 is 4.90 Å². The molecule has 0 fully saturated rings. The lowest BCUT2D eigenvalue weighted by Crippen LogP contribution is -2.30. The van der Waals surface area contributed by atoms with Crippen molar-refractivity contribution in [3.63, 3.8) is 0 Å². The van der Waals surface area contributed by atoms with Crippen LogP contribution in [0.4, 0.5) is 11.4 Å². The van der Waals surface area contributed by atoms with Crippen LogP contribution in [0.15, 0.2) is 54.6 Å². The van der Waals surface area contributed by atoms with Crippen molar-refractivity contribution in [2.24, 2.45) is 0 Å². The Morgan fingerprint density at radius 3 is 2.05 bits per heavy atom. The van der Waals surface area contributed by atoms with E-state index in [1.165, 1.54) is 42.6 Å². The van der Waals surface area contributed by atoms with Gasteiger partial charge in [0.1, 0.15) is 0 Å². The Kier molecular flexibility index (Phi) is 5.86. The maximum absolute atomic E-state index is 2.51. The van der Waals surface area contributed by atoms with Gasteiger partial charge in [-0.05, 0) is 44.0 Å². The van der Waals surface area contributed by atoms with E-state index in [1.807, 2.05) is 0 Å². The molecular formula is C20H27N. The third-order valence-corrected chi connectivity index (χ3v) is 4.07. The highest BCUT2D eigenvalue weighted by atomic mass is 15.2. The fourth-order valence-corrected chi connectivity index (χ4v) is 2.82. The van der Waals surface area contributed by atoms with E-state index < -0.39 is 0 Å². The summed E-state index contributed by atoms with van der Waals surface area (Å²) in [5.41, 5.74) is 3.91. The first-order valence-electron chi connectivity index (χ1n) is 8.17. The molecule has 0 saturated carbocycles. The quantitative estimate of drug-likeness (QED) is 0.592. The lowest BCUT2D eigenvalue weighted by atomic mass is 10.0. The summed E-state index contributed by atoms with van der Waals surface area (Å²) < 4.78 is 0. The van der Waals surface area contributed by atoms with Crippen LogP contribution in [-0.2, 0) is 0 Å². The summed E-state index contributed by atoms with van der Waals surface area (Å²) in [6.45, 7) is 6.71. The summed E-state index contributed by atoms with van der Waals surface area (Å²) in [5.74, 6) is 0. The summed E-state index contributed by atoms with van der Waals surface area (Å²) in [6.07, 6.45) is 4.96. The Bertz CT molecular complexity index is 515. The van der Waals surface area contributed by atoms with Crippen LogP contribution in [0, 0.1) is 6.92 Å². The van der Waals surface area contributed by atoms with Gasteiger partial charge in [0, 0.05) is 17.4 Å². The van der Waals surface area contributed by atoms with Gasteiger partial charge in [0.15, 0.2) is 0 Å². The van der Waals surface area contributed by atoms with E-state index in [2.05, 4.69) is 80.3 Å². The highest BCUT2D eigenvalue weighted by Crippen LogP contribution is 2.31. The summed E-state index contributed by atoms with van der Waals surface area (Å²) in [5, 5.41) is 0. The predicted octanol–water partition coefficient (Wildman–Crippen LogP) is 6.10. The van der Waals surface area contributed by atoms with Crippen molar-refractivity contribution in [2.75, 3.05) is 4.90 Å². The van der Waals surface area contributed by atoms with Gasteiger partial charge in [-0.2, -0.15) is 0 Å². The molecule has 0 N–H and O–H groups in total. The van der Waals surface area contributed by atoms with E-state index in [-0.39, 0.29) is 0 Å². The maximum Gasteiger partial charge on any atom is 0.0413 e. The molecule has 1 nitrogen and oxygen atoms in total. The molecule has 0 saturated heterocycles. The van der Waals surface area contributed by atoms with Crippen molar-refractivity contribution >= 4 is 11.4 Å². The first-order chi connectivity index (χ1) is 10.3. The first-order valence-corrected chi connectivity index (χ1v) is 8.17. The molecule has 0 radical (unpaired) electrons. The second-order valence-electron chi connectivity index (χ2n) is 5.75. The molecule has 0 heterocycles.